The van der Waals surface area contributed by atoms with Gasteiger partial charge in [-0.3, -0.25) is 9.59 Å². The van der Waals surface area contributed by atoms with Gasteiger partial charge in [-0.05, 0) is 44.4 Å². The number of nitrogens with zero attached hydrogens (tertiary/aromatic N) is 4. The lowest BCUT2D eigenvalue weighted by Crippen LogP contribution is -2.34. The van der Waals surface area contributed by atoms with Gasteiger partial charge in [0.25, 0.3) is 11.8 Å². The summed E-state index contributed by atoms with van der Waals surface area (Å²) in [5.74, 6) is -0.805. The fourth-order valence-corrected chi connectivity index (χ4v) is 4.73. The Bertz CT molecular complexity index is 1500. The summed E-state index contributed by atoms with van der Waals surface area (Å²) in [6.45, 7) is 5.97. The molecule has 35 heavy (non-hydrogen) atoms. The molecule has 5 heterocycles. The number of ether oxygens (including phenoxy) is 1. The Balaban J connectivity index is 1.53. The number of aryl methyl sites for hydroxylation is 2. The Kier molecular flexibility index (Phi) is 5.28. The van der Waals surface area contributed by atoms with Crippen LogP contribution >= 0.6 is 0 Å². The third kappa shape index (κ3) is 3.70. The van der Waals surface area contributed by atoms with E-state index in [1.54, 1.807) is 50.2 Å². The number of halogens is 1. The number of carbonyl (C=O) groups excluding carboxylic acids is 2. The molecule has 0 unspecified atom stereocenters. The van der Waals surface area contributed by atoms with Gasteiger partial charge >= 0.3 is 0 Å². The Morgan fingerprint density at radius 1 is 1.26 bits per heavy atom. The molecule has 10 heteroatoms. The van der Waals surface area contributed by atoms with Gasteiger partial charge in [0.1, 0.15) is 11.2 Å². The van der Waals surface area contributed by atoms with Crippen LogP contribution in [0.2, 0.25) is 0 Å². The quantitative estimate of drug-likeness (QED) is 0.469. The molecule has 1 fully saturated rings. The van der Waals surface area contributed by atoms with Crippen LogP contribution in [-0.4, -0.2) is 61.6 Å². The molecule has 0 aliphatic carbocycles. The molecule has 4 aromatic heterocycles. The number of β-amino-alcohol motifs (C(OH)–C–C–N with tert-alkyl or cyclic N) is 1. The number of rotatable bonds is 4. The van der Waals surface area contributed by atoms with Crippen molar-refractivity contribution in [2.45, 2.75) is 32.8 Å². The minimum Gasteiger partial charge on any atom is -0.452 e. The number of hydrogen-bond acceptors (Lipinski definition) is 5. The molecule has 1 atom stereocenters. The lowest BCUT2D eigenvalue weighted by molar-refractivity contribution is 0.0572. The zero-order valence-electron chi connectivity index (χ0n) is 19.9. The summed E-state index contributed by atoms with van der Waals surface area (Å²) < 4.78 is 24.5. The maximum atomic E-state index is 15.4. The van der Waals surface area contributed by atoms with E-state index in [0.717, 1.165) is 0 Å². The van der Waals surface area contributed by atoms with Crippen molar-refractivity contribution in [1.82, 2.24) is 24.2 Å². The van der Waals surface area contributed by atoms with Crippen LogP contribution in [0.15, 0.2) is 36.8 Å². The summed E-state index contributed by atoms with van der Waals surface area (Å²) in [6, 6.07) is 4.67. The molecule has 0 radical (unpaired) electrons. The van der Waals surface area contributed by atoms with E-state index < -0.39 is 11.4 Å². The van der Waals surface area contributed by atoms with E-state index in [2.05, 4.69) is 10.4 Å². The molecule has 1 saturated heterocycles. The first-order valence-corrected chi connectivity index (χ1v) is 11.3. The summed E-state index contributed by atoms with van der Waals surface area (Å²) in [5.41, 5.74) is 1.93. The summed E-state index contributed by atoms with van der Waals surface area (Å²) >= 11 is 0. The summed E-state index contributed by atoms with van der Waals surface area (Å²) in [6.07, 6.45) is 5.24. The van der Waals surface area contributed by atoms with Gasteiger partial charge in [0.2, 0.25) is 0 Å². The molecule has 2 N–H and O–H groups in total. The smallest absolute Gasteiger partial charge is 0.268 e. The van der Waals surface area contributed by atoms with Crippen molar-refractivity contribution in [2.24, 2.45) is 0 Å². The van der Waals surface area contributed by atoms with Crippen molar-refractivity contribution in [3.63, 3.8) is 0 Å². The van der Waals surface area contributed by atoms with Crippen molar-refractivity contribution >= 4 is 22.8 Å². The highest BCUT2D eigenvalue weighted by molar-refractivity contribution is 5.98. The fraction of sp³-hybridized carbons (Fsp3) is 0.320. The first kappa shape index (κ1) is 22.9. The number of carbonyl (C=O) groups is 2. The molecule has 0 saturated carbocycles. The highest BCUT2D eigenvalue weighted by Gasteiger charge is 2.35. The second-order valence-corrected chi connectivity index (χ2v) is 9.24. The molecule has 0 spiro atoms. The second-order valence-electron chi connectivity index (χ2n) is 9.24. The molecule has 5 rings (SSSR count). The predicted molar refractivity (Wildman–Crippen MR) is 127 cm³/mol. The minimum absolute atomic E-state index is 0.0179. The van der Waals surface area contributed by atoms with Crippen molar-refractivity contribution in [3.8, 4) is 11.5 Å². The van der Waals surface area contributed by atoms with Crippen LogP contribution < -0.4 is 10.1 Å². The van der Waals surface area contributed by atoms with Crippen LogP contribution in [0.1, 0.15) is 45.3 Å². The molecule has 0 aromatic carbocycles. The third-order valence-corrected chi connectivity index (χ3v) is 6.56. The van der Waals surface area contributed by atoms with Crippen molar-refractivity contribution in [2.75, 3.05) is 20.1 Å². The van der Waals surface area contributed by atoms with Crippen molar-refractivity contribution in [1.29, 1.82) is 0 Å². The lowest BCUT2D eigenvalue weighted by Gasteiger charge is -2.18. The first-order chi connectivity index (χ1) is 16.6. The normalized spacial score (nSPS) is 17.9. The molecular weight excluding hydrogens is 453 g/mol. The van der Waals surface area contributed by atoms with Crippen LogP contribution in [0.25, 0.3) is 11.0 Å². The average molecular weight is 480 g/mol. The maximum Gasteiger partial charge on any atom is 0.268 e. The van der Waals surface area contributed by atoms with Gasteiger partial charge in [-0.25, -0.2) is 8.91 Å². The van der Waals surface area contributed by atoms with Crippen LogP contribution in [0.5, 0.6) is 11.5 Å². The topological polar surface area (TPSA) is 101 Å². The summed E-state index contributed by atoms with van der Waals surface area (Å²) in [5, 5.41) is 17.1. The second kappa shape index (κ2) is 8.09. The van der Waals surface area contributed by atoms with Gasteiger partial charge in [-0.1, -0.05) is 0 Å². The van der Waals surface area contributed by atoms with E-state index in [-0.39, 0.29) is 29.6 Å². The summed E-state index contributed by atoms with van der Waals surface area (Å²) in [4.78, 5) is 27.0. The average Bonchev–Trinajstić information content (AvgIpc) is 3.47. The van der Waals surface area contributed by atoms with Crippen LogP contribution in [-0.2, 0) is 0 Å². The fourth-order valence-electron chi connectivity index (χ4n) is 4.73. The number of nitrogens with one attached hydrogen (secondary N) is 1. The number of aliphatic hydroxyl groups is 1. The zero-order chi connectivity index (χ0) is 25.1. The SMILES string of the molecule is CNC(=O)c1c(C)cc2c(F)c(Oc3ccnn4cc(C(=O)N5CC[C@@](C)(O)C5)c(C)c34)ccn12. The Hall–Kier alpha value is -3.92. The lowest BCUT2D eigenvalue weighted by atomic mass is 10.1. The number of likely N-dealkylation sites (tertiary alicyclic amines) is 1. The Labute approximate surface area is 200 Å². The molecule has 1 aliphatic rings. The standard InChI is InChI=1S/C25H26FN5O4/c1-14-11-17-20(26)18(6-9-30(17)21(14)23(32)27-4)35-19-5-8-28-31-12-16(15(2)22(19)31)24(33)29-10-7-25(3,34)13-29/h5-6,8-9,11-12,34H,7,10,13H2,1-4H3,(H,27,32)/t25-/m1/s1. The monoisotopic (exact) mass is 479 g/mol. The third-order valence-electron chi connectivity index (χ3n) is 6.56. The van der Waals surface area contributed by atoms with E-state index in [0.29, 0.717) is 46.6 Å². The van der Waals surface area contributed by atoms with E-state index in [1.807, 2.05) is 0 Å². The highest BCUT2D eigenvalue weighted by atomic mass is 19.1. The van der Waals surface area contributed by atoms with Gasteiger partial charge in [-0.15, -0.1) is 0 Å². The number of amides is 2. The first-order valence-electron chi connectivity index (χ1n) is 11.3. The van der Waals surface area contributed by atoms with Crippen LogP contribution in [0.3, 0.4) is 0 Å². The van der Waals surface area contributed by atoms with Crippen LogP contribution in [0.4, 0.5) is 4.39 Å². The molecular formula is C25H26FN5O4. The highest BCUT2D eigenvalue weighted by Crippen LogP contribution is 2.34. The molecule has 2 amide bonds. The van der Waals surface area contributed by atoms with Gasteiger partial charge < -0.3 is 24.5 Å². The predicted octanol–water partition coefficient (Wildman–Crippen LogP) is 3.09. The van der Waals surface area contributed by atoms with E-state index in [1.165, 1.54) is 28.2 Å². The van der Waals surface area contributed by atoms with Gasteiger partial charge in [0.15, 0.2) is 17.3 Å². The number of fused-ring (bicyclic) bond motifs is 2. The molecule has 1 aliphatic heterocycles. The minimum atomic E-state index is -0.903. The Morgan fingerprint density at radius 3 is 2.71 bits per heavy atom. The van der Waals surface area contributed by atoms with Crippen molar-refractivity contribution in [3.05, 3.63) is 65.0 Å². The van der Waals surface area contributed by atoms with Gasteiger partial charge in [-0.2, -0.15) is 5.10 Å². The number of hydrogen-bond donors (Lipinski definition) is 2. The van der Waals surface area contributed by atoms with Crippen LogP contribution in [0, 0.1) is 19.7 Å². The van der Waals surface area contributed by atoms with E-state index in [4.69, 9.17) is 4.74 Å². The summed E-state index contributed by atoms with van der Waals surface area (Å²) in [7, 11) is 1.52. The van der Waals surface area contributed by atoms with Crippen molar-refractivity contribution < 1.29 is 23.8 Å². The largest absolute Gasteiger partial charge is 0.452 e. The molecule has 9 nitrogen and oxygen atoms in total. The number of aromatic nitrogens is 3. The van der Waals surface area contributed by atoms with Gasteiger partial charge in [0, 0.05) is 44.7 Å². The van der Waals surface area contributed by atoms with E-state index >= 15 is 4.39 Å². The van der Waals surface area contributed by atoms with Gasteiger partial charge in [0.05, 0.1) is 22.9 Å². The maximum absolute atomic E-state index is 15.4. The molecule has 182 valence electrons. The zero-order valence-corrected chi connectivity index (χ0v) is 19.9. The van der Waals surface area contributed by atoms with E-state index in [9.17, 15) is 14.7 Å². The molecule has 4 aromatic rings. The molecule has 0 bridgehead atoms. The number of pyridine rings is 1. The Morgan fingerprint density at radius 2 is 2.03 bits per heavy atom.